The van der Waals surface area contributed by atoms with Crippen LogP contribution in [-0.2, 0) is 0 Å². The van der Waals surface area contributed by atoms with Gasteiger partial charge < -0.3 is 13.9 Å². The van der Waals surface area contributed by atoms with Crippen LogP contribution in [0.1, 0.15) is 0 Å². The maximum absolute atomic E-state index is 6.33. The predicted octanol–water partition coefficient (Wildman–Crippen LogP) is 12.4. The summed E-state index contributed by atoms with van der Waals surface area (Å²) < 4.78 is 8.73. The predicted molar refractivity (Wildman–Crippen MR) is 203 cm³/mol. The van der Waals surface area contributed by atoms with Crippen molar-refractivity contribution in [3.8, 4) is 16.9 Å². The molecule has 10 rings (SSSR count). The zero-order chi connectivity index (χ0) is 32.3. The Bertz CT molecular complexity index is 2830. The Balaban J connectivity index is 1.19. The Morgan fingerprint density at radius 3 is 2.04 bits per heavy atom. The summed E-state index contributed by atoms with van der Waals surface area (Å²) in [6, 6.07) is 60.2. The highest BCUT2D eigenvalue weighted by Gasteiger charge is 2.19. The van der Waals surface area contributed by atoms with E-state index in [0.717, 1.165) is 61.5 Å². The second kappa shape index (κ2) is 11.0. The lowest BCUT2D eigenvalue weighted by Gasteiger charge is -2.26. The summed E-state index contributed by atoms with van der Waals surface area (Å²) in [5.41, 5.74) is 10.4. The number of hydrogen-bond donors (Lipinski definition) is 0. The first-order chi connectivity index (χ1) is 24.3. The molecule has 0 spiro atoms. The van der Waals surface area contributed by atoms with Crippen LogP contribution in [-0.4, -0.2) is 9.55 Å². The molecular weight excluding hydrogens is 599 g/mol. The maximum Gasteiger partial charge on any atom is 0.135 e. The fraction of sp³-hybridized carbons (Fsp3) is 0. The summed E-state index contributed by atoms with van der Waals surface area (Å²) in [5.74, 6) is 0. The number of para-hydroxylation sites is 2. The van der Waals surface area contributed by atoms with Gasteiger partial charge in [-0.15, -0.1) is 0 Å². The molecule has 0 aliphatic carbocycles. The van der Waals surface area contributed by atoms with Crippen molar-refractivity contribution in [2.24, 2.45) is 0 Å². The topological polar surface area (TPSA) is 34.2 Å². The van der Waals surface area contributed by atoms with Crippen molar-refractivity contribution in [3.63, 3.8) is 0 Å². The number of fused-ring (bicyclic) bond motifs is 7. The molecule has 3 aromatic heterocycles. The van der Waals surface area contributed by atoms with Gasteiger partial charge in [-0.3, -0.25) is 4.98 Å². The fourth-order valence-corrected chi connectivity index (χ4v) is 7.31. The molecule has 49 heavy (non-hydrogen) atoms. The van der Waals surface area contributed by atoms with Gasteiger partial charge in [0.1, 0.15) is 11.2 Å². The SMILES string of the molecule is c1ccc(N(c2ccc3oc4ccc(-c5ccccn5)cc4c3c2)c2ccc3c4ccccc4n(-c4ccc5ccccc5c4)c3c2)cc1. The van der Waals surface area contributed by atoms with E-state index in [0.29, 0.717) is 0 Å². The number of rotatable bonds is 5. The normalized spacial score (nSPS) is 11.7. The smallest absolute Gasteiger partial charge is 0.135 e. The molecule has 0 saturated heterocycles. The van der Waals surface area contributed by atoms with E-state index in [1.807, 2.05) is 30.5 Å². The molecule has 0 aliphatic heterocycles. The number of hydrogen-bond acceptors (Lipinski definition) is 3. The van der Waals surface area contributed by atoms with Crippen LogP contribution in [0.5, 0.6) is 0 Å². The minimum absolute atomic E-state index is 0.858. The van der Waals surface area contributed by atoms with Crippen LogP contribution in [0.4, 0.5) is 17.1 Å². The van der Waals surface area contributed by atoms with Gasteiger partial charge in [0.25, 0.3) is 0 Å². The van der Waals surface area contributed by atoms with Gasteiger partial charge in [-0.2, -0.15) is 0 Å². The fourth-order valence-electron chi connectivity index (χ4n) is 7.31. The van der Waals surface area contributed by atoms with Crippen molar-refractivity contribution < 1.29 is 4.42 Å². The molecule has 0 unspecified atom stereocenters. The molecule has 7 aromatic carbocycles. The Morgan fingerprint density at radius 2 is 1.16 bits per heavy atom. The molecule has 4 heteroatoms. The Morgan fingerprint density at radius 1 is 0.449 bits per heavy atom. The number of benzene rings is 7. The average Bonchev–Trinajstić information content (AvgIpc) is 3.70. The van der Waals surface area contributed by atoms with Crippen LogP contribution in [0.2, 0.25) is 0 Å². The van der Waals surface area contributed by atoms with E-state index in [9.17, 15) is 0 Å². The number of anilines is 3. The monoisotopic (exact) mass is 627 g/mol. The van der Waals surface area contributed by atoms with Crippen molar-refractivity contribution in [3.05, 3.63) is 176 Å². The molecule has 4 nitrogen and oxygen atoms in total. The van der Waals surface area contributed by atoms with Gasteiger partial charge in [-0.1, -0.05) is 78.9 Å². The molecule has 0 fully saturated rings. The van der Waals surface area contributed by atoms with Gasteiger partial charge in [-0.25, -0.2) is 0 Å². The molecule has 0 aliphatic rings. The van der Waals surface area contributed by atoms with Gasteiger partial charge in [0.15, 0.2) is 0 Å². The Labute approximate surface area is 282 Å². The van der Waals surface area contributed by atoms with E-state index in [1.54, 1.807) is 0 Å². The highest BCUT2D eigenvalue weighted by Crippen LogP contribution is 2.42. The highest BCUT2D eigenvalue weighted by atomic mass is 16.3. The summed E-state index contributed by atoms with van der Waals surface area (Å²) in [5, 5.41) is 7.05. The lowest BCUT2D eigenvalue weighted by atomic mass is 10.1. The van der Waals surface area contributed by atoms with Gasteiger partial charge in [0, 0.05) is 56.1 Å². The van der Waals surface area contributed by atoms with Crippen LogP contribution in [0.25, 0.3) is 71.5 Å². The molecule has 0 amide bonds. The molecule has 230 valence electrons. The van der Waals surface area contributed by atoms with Crippen LogP contribution >= 0.6 is 0 Å². The van der Waals surface area contributed by atoms with Gasteiger partial charge in [0.05, 0.1) is 16.7 Å². The van der Waals surface area contributed by atoms with E-state index in [1.165, 1.54) is 27.1 Å². The van der Waals surface area contributed by atoms with Gasteiger partial charge >= 0.3 is 0 Å². The van der Waals surface area contributed by atoms with Gasteiger partial charge in [-0.05, 0) is 102 Å². The zero-order valence-corrected chi connectivity index (χ0v) is 26.5. The molecule has 0 radical (unpaired) electrons. The lowest BCUT2D eigenvalue weighted by molar-refractivity contribution is 0.669. The molecular formula is C45H29N3O. The van der Waals surface area contributed by atoms with E-state index < -0.39 is 0 Å². The van der Waals surface area contributed by atoms with Crippen molar-refractivity contribution in [1.29, 1.82) is 0 Å². The third-order valence-corrected chi connectivity index (χ3v) is 9.59. The Kier molecular flexibility index (Phi) is 6.15. The zero-order valence-electron chi connectivity index (χ0n) is 26.5. The summed E-state index contributed by atoms with van der Waals surface area (Å²) in [6.07, 6.45) is 1.83. The van der Waals surface area contributed by atoms with E-state index in [2.05, 4.69) is 160 Å². The van der Waals surface area contributed by atoms with Crippen molar-refractivity contribution in [1.82, 2.24) is 9.55 Å². The second-order valence-electron chi connectivity index (χ2n) is 12.5. The van der Waals surface area contributed by atoms with E-state index >= 15 is 0 Å². The number of aromatic nitrogens is 2. The first kappa shape index (κ1) is 27.5. The van der Waals surface area contributed by atoms with Crippen molar-refractivity contribution >= 4 is 71.6 Å². The second-order valence-corrected chi connectivity index (χ2v) is 12.5. The molecule has 10 aromatic rings. The summed E-state index contributed by atoms with van der Waals surface area (Å²) >= 11 is 0. The highest BCUT2D eigenvalue weighted by molar-refractivity contribution is 6.11. The van der Waals surface area contributed by atoms with E-state index in [4.69, 9.17) is 4.42 Å². The summed E-state index contributed by atoms with van der Waals surface area (Å²) in [7, 11) is 0. The number of nitrogens with zero attached hydrogens (tertiary/aromatic N) is 3. The minimum Gasteiger partial charge on any atom is -0.456 e. The van der Waals surface area contributed by atoms with Crippen LogP contribution in [0.3, 0.4) is 0 Å². The number of pyridine rings is 1. The molecule has 0 N–H and O–H groups in total. The average molecular weight is 628 g/mol. The van der Waals surface area contributed by atoms with Crippen LogP contribution in [0, 0.1) is 0 Å². The Hall–Kier alpha value is -6.65. The first-order valence-corrected chi connectivity index (χ1v) is 16.5. The number of furan rings is 1. The summed E-state index contributed by atoms with van der Waals surface area (Å²) in [6.45, 7) is 0. The molecule has 3 heterocycles. The third-order valence-electron chi connectivity index (χ3n) is 9.59. The summed E-state index contributed by atoms with van der Waals surface area (Å²) in [4.78, 5) is 6.92. The molecule has 0 bridgehead atoms. The molecule has 0 saturated carbocycles. The largest absolute Gasteiger partial charge is 0.456 e. The van der Waals surface area contributed by atoms with E-state index in [-0.39, 0.29) is 0 Å². The minimum atomic E-state index is 0.858. The van der Waals surface area contributed by atoms with Crippen molar-refractivity contribution in [2.45, 2.75) is 0 Å². The third kappa shape index (κ3) is 4.49. The first-order valence-electron chi connectivity index (χ1n) is 16.5. The van der Waals surface area contributed by atoms with Crippen LogP contribution in [0.15, 0.2) is 180 Å². The molecule has 0 atom stereocenters. The maximum atomic E-state index is 6.33. The van der Waals surface area contributed by atoms with Crippen molar-refractivity contribution in [2.75, 3.05) is 4.90 Å². The quantitative estimate of drug-likeness (QED) is 0.190. The standard InChI is InChI=1S/C45H29N3O/c1-2-12-33(13-3-1)47(35-21-24-45-40(28-35)39-27-32(18-23-44(39)49-45)41-15-8-9-25-46-41)36-20-22-38-37-14-6-7-16-42(37)48(43(38)29-36)34-19-17-30-10-4-5-11-31(30)26-34/h1-29H. The van der Waals surface area contributed by atoms with Crippen LogP contribution < -0.4 is 4.90 Å². The lowest BCUT2D eigenvalue weighted by Crippen LogP contribution is -2.10. The van der Waals surface area contributed by atoms with Gasteiger partial charge in [0.2, 0.25) is 0 Å².